The topological polar surface area (TPSA) is 94.2 Å². The van der Waals surface area contributed by atoms with E-state index >= 15 is 0 Å². The van der Waals surface area contributed by atoms with E-state index < -0.39 is 17.6 Å². The first-order valence-electron chi connectivity index (χ1n) is 12.5. The standard InChI is InChI=1S/C27H48N2O5.ClH/c1-9-29(26(31)27(4,5)6)18-23(30)22(28)17-21(19(2)3)15-20-11-12-24(33-8)25(16-20)34-14-10-13-32-7;/h11-12,16,19,21-23,30H,9-10,13-15,17-18,28H2,1-8H3;1H. The highest BCUT2D eigenvalue weighted by Crippen LogP contribution is 2.31. The monoisotopic (exact) mass is 516 g/mol. The van der Waals surface area contributed by atoms with Gasteiger partial charge < -0.3 is 30.0 Å². The van der Waals surface area contributed by atoms with Gasteiger partial charge in [-0.05, 0) is 49.3 Å². The van der Waals surface area contributed by atoms with Gasteiger partial charge in [0.25, 0.3) is 0 Å². The highest BCUT2D eigenvalue weighted by Gasteiger charge is 2.30. The third-order valence-corrected chi connectivity index (χ3v) is 6.21. The molecule has 0 aliphatic heterocycles. The molecule has 0 aromatic heterocycles. The Balaban J connectivity index is 0.0000116. The number of aliphatic hydroxyl groups excluding tert-OH is 1. The van der Waals surface area contributed by atoms with Crippen molar-refractivity contribution in [3.05, 3.63) is 23.8 Å². The summed E-state index contributed by atoms with van der Waals surface area (Å²) in [5.74, 6) is 2.11. The fourth-order valence-corrected chi connectivity index (χ4v) is 3.94. The molecular formula is C27H49ClN2O5. The van der Waals surface area contributed by atoms with E-state index in [9.17, 15) is 9.90 Å². The van der Waals surface area contributed by atoms with Crippen molar-refractivity contribution in [2.75, 3.05) is 40.5 Å². The number of aliphatic hydroxyl groups is 1. The Kier molecular flexibility index (Phi) is 15.5. The van der Waals surface area contributed by atoms with Crippen LogP contribution in [-0.2, 0) is 16.0 Å². The summed E-state index contributed by atoms with van der Waals surface area (Å²) in [5, 5.41) is 10.8. The van der Waals surface area contributed by atoms with Crippen molar-refractivity contribution in [1.82, 2.24) is 4.90 Å². The van der Waals surface area contributed by atoms with E-state index in [0.717, 1.165) is 24.2 Å². The van der Waals surface area contributed by atoms with Gasteiger partial charge in [0.05, 0.1) is 19.8 Å². The second-order valence-electron chi connectivity index (χ2n) is 10.4. The van der Waals surface area contributed by atoms with Gasteiger partial charge in [0, 0.05) is 44.7 Å². The van der Waals surface area contributed by atoms with Gasteiger partial charge in [-0.15, -0.1) is 12.4 Å². The molecular weight excluding hydrogens is 468 g/mol. The van der Waals surface area contributed by atoms with Gasteiger partial charge in [-0.1, -0.05) is 40.7 Å². The van der Waals surface area contributed by atoms with Crippen molar-refractivity contribution in [1.29, 1.82) is 0 Å². The SMILES string of the molecule is CCN(CC(O)C(N)CC(Cc1ccc(OC)c(OCCCOC)c1)C(C)C)C(=O)C(C)(C)C.Cl. The molecule has 8 heteroatoms. The third kappa shape index (κ3) is 11.4. The number of likely N-dealkylation sites (N-methyl/N-ethyl adjacent to an activating group) is 1. The second kappa shape index (κ2) is 16.3. The smallest absolute Gasteiger partial charge is 0.228 e. The molecule has 7 nitrogen and oxygen atoms in total. The maximum Gasteiger partial charge on any atom is 0.228 e. The first-order valence-corrected chi connectivity index (χ1v) is 12.5. The molecule has 0 saturated heterocycles. The fourth-order valence-electron chi connectivity index (χ4n) is 3.94. The van der Waals surface area contributed by atoms with E-state index in [1.54, 1.807) is 19.1 Å². The zero-order chi connectivity index (χ0) is 25.9. The lowest BCUT2D eigenvalue weighted by molar-refractivity contribution is -0.140. The molecule has 1 aromatic rings. The molecule has 1 aromatic carbocycles. The van der Waals surface area contributed by atoms with Crippen LogP contribution in [0.2, 0.25) is 0 Å². The van der Waals surface area contributed by atoms with Crippen LogP contribution in [-0.4, -0.2) is 68.6 Å². The normalized spacial score (nSPS) is 14.1. The molecule has 0 radical (unpaired) electrons. The number of carbonyl (C=O) groups excluding carboxylic acids is 1. The Morgan fingerprint density at radius 1 is 1.14 bits per heavy atom. The van der Waals surface area contributed by atoms with Crippen molar-refractivity contribution in [2.24, 2.45) is 23.0 Å². The lowest BCUT2D eigenvalue weighted by Crippen LogP contribution is -2.49. The number of rotatable bonds is 15. The summed E-state index contributed by atoms with van der Waals surface area (Å²) in [7, 11) is 3.31. The van der Waals surface area contributed by atoms with Gasteiger partial charge in [-0.3, -0.25) is 4.79 Å². The van der Waals surface area contributed by atoms with E-state index in [2.05, 4.69) is 19.9 Å². The zero-order valence-electron chi connectivity index (χ0n) is 23.0. The van der Waals surface area contributed by atoms with Crippen LogP contribution in [0.3, 0.4) is 0 Å². The molecule has 3 atom stereocenters. The van der Waals surface area contributed by atoms with Crippen molar-refractivity contribution < 1.29 is 24.1 Å². The summed E-state index contributed by atoms with van der Waals surface area (Å²) >= 11 is 0. The molecule has 0 bridgehead atoms. The van der Waals surface area contributed by atoms with E-state index in [1.165, 1.54) is 0 Å². The summed E-state index contributed by atoms with van der Waals surface area (Å²) in [6.07, 6.45) is 1.51. The molecule has 0 heterocycles. The van der Waals surface area contributed by atoms with Crippen LogP contribution in [0.1, 0.15) is 59.9 Å². The average Bonchev–Trinajstić information content (AvgIpc) is 2.78. The second-order valence-corrected chi connectivity index (χ2v) is 10.4. The van der Waals surface area contributed by atoms with Crippen LogP contribution in [0, 0.1) is 17.3 Å². The minimum absolute atomic E-state index is 0. The minimum atomic E-state index is -0.775. The number of nitrogens with zero attached hydrogens (tertiary/aromatic N) is 1. The summed E-state index contributed by atoms with van der Waals surface area (Å²) in [4.78, 5) is 14.4. The van der Waals surface area contributed by atoms with Gasteiger partial charge in [-0.25, -0.2) is 0 Å². The fraction of sp³-hybridized carbons (Fsp3) is 0.741. The Hall–Kier alpha value is -1.54. The van der Waals surface area contributed by atoms with Crippen molar-refractivity contribution in [3.8, 4) is 11.5 Å². The van der Waals surface area contributed by atoms with Crippen molar-refractivity contribution >= 4 is 18.3 Å². The van der Waals surface area contributed by atoms with Crippen LogP contribution in [0.4, 0.5) is 0 Å². The van der Waals surface area contributed by atoms with Gasteiger partial charge in [-0.2, -0.15) is 0 Å². The van der Waals surface area contributed by atoms with Crippen molar-refractivity contribution in [2.45, 2.75) is 73.0 Å². The van der Waals surface area contributed by atoms with E-state index in [0.29, 0.717) is 37.8 Å². The molecule has 0 aliphatic carbocycles. The quantitative estimate of drug-likeness (QED) is 0.337. The molecule has 3 N–H and O–H groups in total. The number of amides is 1. The number of hydrogen-bond acceptors (Lipinski definition) is 6. The van der Waals surface area contributed by atoms with Crippen LogP contribution >= 0.6 is 12.4 Å². The highest BCUT2D eigenvalue weighted by atomic mass is 35.5. The van der Waals surface area contributed by atoms with Gasteiger partial charge in [0.1, 0.15) is 0 Å². The highest BCUT2D eigenvalue weighted by molar-refractivity contribution is 5.85. The average molecular weight is 517 g/mol. The summed E-state index contributed by atoms with van der Waals surface area (Å²) < 4.78 is 16.5. The molecule has 3 unspecified atom stereocenters. The molecule has 35 heavy (non-hydrogen) atoms. The van der Waals surface area contributed by atoms with Crippen LogP contribution in [0.15, 0.2) is 18.2 Å². The van der Waals surface area contributed by atoms with Gasteiger partial charge in [0.2, 0.25) is 5.91 Å². The van der Waals surface area contributed by atoms with E-state index in [-0.39, 0.29) is 30.8 Å². The molecule has 204 valence electrons. The number of halogens is 1. The van der Waals surface area contributed by atoms with Crippen LogP contribution in [0.5, 0.6) is 11.5 Å². The summed E-state index contributed by atoms with van der Waals surface area (Å²) in [6.45, 7) is 14.0. The third-order valence-electron chi connectivity index (χ3n) is 6.21. The number of methoxy groups -OCH3 is 2. The maximum atomic E-state index is 12.7. The number of hydrogen-bond donors (Lipinski definition) is 2. The Labute approximate surface area is 219 Å². The zero-order valence-corrected chi connectivity index (χ0v) is 23.8. The summed E-state index contributed by atoms with van der Waals surface area (Å²) in [5.41, 5.74) is 7.10. The molecule has 1 amide bonds. The molecule has 0 saturated carbocycles. The number of carbonyl (C=O) groups is 1. The molecule has 0 aliphatic rings. The Morgan fingerprint density at radius 3 is 2.31 bits per heavy atom. The van der Waals surface area contributed by atoms with E-state index in [4.69, 9.17) is 19.9 Å². The number of nitrogens with two attached hydrogens (primary N) is 1. The molecule has 0 fully saturated rings. The Bertz CT molecular complexity index is 739. The van der Waals surface area contributed by atoms with Crippen LogP contribution < -0.4 is 15.2 Å². The summed E-state index contributed by atoms with van der Waals surface area (Å²) in [6, 6.07) is 5.60. The van der Waals surface area contributed by atoms with Crippen molar-refractivity contribution in [3.63, 3.8) is 0 Å². The largest absolute Gasteiger partial charge is 0.493 e. The first kappa shape index (κ1) is 33.5. The number of benzene rings is 1. The molecule has 1 rings (SSSR count). The van der Waals surface area contributed by atoms with Crippen LogP contribution in [0.25, 0.3) is 0 Å². The van der Waals surface area contributed by atoms with E-state index in [1.807, 2.05) is 39.8 Å². The maximum absolute atomic E-state index is 12.7. The Morgan fingerprint density at radius 2 is 1.80 bits per heavy atom. The lowest BCUT2D eigenvalue weighted by Gasteiger charge is -2.33. The number of ether oxygens (including phenoxy) is 3. The van der Waals surface area contributed by atoms with Gasteiger partial charge in [0.15, 0.2) is 11.5 Å². The minimum Gasteiger partial charge on any atom is -0.493 e. The predicted molar refractivity (Wildman–Crippen MR) is 145 cm³/mol. The molecule has 0 spiro atoms. The lowest BCUT2D eigenvalue weighted by atomic mass is 9.83. The van der Waals surface area contributed by atoms with Gasteiger partial charge >= 0.3 is 0 Å². The first-order chi connectivity index (χ1) is 15.9. The predicted octanol–water partition coefficient (Wildman–Crippen LogP) is 4.32.